The van der Waals surface area contributed by atoms with Gasteiger partial charge in [-0.1, -0.05) is 30.3 Å². The fraction of sp³-hybridized carbons (Fsp3) is 0.278. The Bertz CT molecular complexity index is 839. The number of hydrogen-bond acceptors (Lipinski definition) is 6. The molecule has 6 nitrogen and oxygen atoms in total. The van der Waals surface area contributed by atoms with Crippen molar-refractivity contribution in [2.45, 2.75) is 26.1 Å². The van der Waals surface area contributed by atoms with Gasteiger partial charge in [0.05, 0.1) is 6.61 Å². The smallest absolute Gasteiger partial charge is 0.420 e. The van der Waals surface area contributed by atoms with Crippen molar-refractivity contribution in [3.8, 4) is 11.5 Å². The van der Waals surface area contributed by atoms with Gasteiger partial charge in [0.25, 0.3) is 0 Å². The first-order valence-corrected chi connectivity index (χ1v) is 8.98. The van der Waals surface area contributed by atoms with Crippen LogP contribution in [0.2, 0.25) is 0 Å². The third-order valence-electron chi connectivity index (χ3n) is 3.50. The SMILES string of the molecule is CC(=O)OCCc1cc(OCc2ccccc2)c(OS(=O)[O-])c(C(F)(F)F)c1. The Morgan fingerprint density at radius 2 is 1.82 bits per heavy atom. The van der Waals surface area contributed by atoms with Gasteiger partial charge < -0.3 is 18.2 Å². The highest BCUT2D eigenvalue weighted by molar-refractivity contribution is 7.74. The minimum atomic E-state index is -4.89. The molecule has 0 spiro atoms. The molecule has 0 aromatic heterocycles. The molecule has 0 amide bonds. The first-order chi connectivity index (χ1) is 13.2. The maximum atomic E-state index is 13.5. The quantitative estimate of drug-likeness (QED) is 0.482. The second-order valence-corrected chi connectivity index (χ2v) is 6.20. The molecule has 0 saturated heterocycles. The standard InChI is InChI=1S/C18H17F3O6S/c1-12(22)25-8-7-14-9-15(18(19,20)21)17(27-28(23)24)16(10-14)26-11-13-5-3-2-4-6-13/h2-6,9-10H,7-8,11H2,1H3,(H,23,24)/p-1. The third-order valence-corrected chi connectivity index (χ3v) is 3.81. The van der Waals surface area contributed by atoms with Crippen LogP contribution in [0.4, 0.5) is 13.2 Å². The predicted molar refractivity (Wildman–Crippen MR) is 92.1 cm³/mol. The highest BCUT2D eigenvalue weighted by Crippen LogP contribution is 2.43. The molecule has 2 aromatic rings. The molecule has 2 rings (SSSR count). The number of ether oxygens (including phenoxy) is 2. The second-order valence-electron chi connectivity index (χ2n) is 5.62. The summed E-state index contributed by atoms with van der Waals surface area (Å²) in [5.41, 5.74) is -0.503. The van der Waals surface area contributed by atoms with Gasteiger partial charge in [-0.2, -0.15) is 13.2 Å². The molecule has 0 N–H and O–H groups in total. The highest BCUT2D eigenvalue weighted by atomic mass is 32.2. The first kappa shape index (κ1) is 21.7. The van der Waals surface area contributed by atoms with Crippen LogP contribution in [0.15, 0.2) is 42.5 Å². The lowest BCUT2D eigenvalue weighted by molar-refractivity contribution is -0.141. The lowest BCUT2D eigenvalue weighted by Gasteiger charge is -2.20. The van der Waals surface area contributed by atoms with E-state index in [2.05, 4.69) is 4.18 Å². The number of halogens is 3. The Morgan fingerprint density at radius 1 is 1.14 bits per heavy atom. The molecule has 1 unspecified atom stereocenters. The molecule has 0 fully saturated rings. The van der Waals surface area contributed by atoms with Crippen LogP contribution in [0.3, 0.4) is 0 Å². The van der Waals surface area contributed by atoms with Crippen LogP contribution in [-0.4, -0.2) is 21.3 Å². The zero-order valence-electron chi connectivity index (χ0n) is 14.7. The van der Waals surface area contributed by atoms with Crippen molar-refractivity contribution in [1.82, 2.24) is 0 Å². The van der Waals surface area contributed by atoms with Gasteiger partial charge in [0.2, 0.25) is 0 Å². The molecule has 0 aliphatic carbocycles. The Balaban J connectivity index is 2.40. The van der Waals surface area contributed by atoms with Crippen LogP contribution < -0.4 is 8.92 Å². The minimum absolute atomic E-state index is 0.0227. The van der Waals surface area contributed by atoms with Crippen molar-refractivity contribution in [3.05, 3.63) is 59.2 Å². The minimum Gasteiger partial charge on any atom is -0.740 e. The van der Waals surface area contributed by atoms with Crippen LogP contribution in [0.5, 0.6) is 11.5 Å². The summed E-state index contributed by atoms with van der Waals surface area (Å²) in [6.07, 6.45) is -4.91. The van der Waals surface area contributed by atoms with Crippen LogP contribution >= 0.6 is 0 Å². The van der Waals surface area contributed by atoms with Crippen LogP contribution in [0.1, 0.15) is 23.6 Å². The summed E-state index contributed by atoms with van der Waals surface area (Å²) in [5.74, 6) is -1.91. The molecule has 0 saturated carbocycles. The first-order valence-electron chi connectivity index (χ1n) is 7.98. The van der Waals surface area contributed by atoms with Crippen molar-refractivity contribution in [2.24, 2.45) is 0 Å². The third kappa shape index (κ3) is 6.54. The van der Waals surface area contributed by atoms with E-state index in [9.17, 15) is 26.7 Å². The number of hydrogen-bond donors (Lipinski definition) is 0. The van der Waals surface area contributed by atoms with E-state index in [1.54, 1.807) is 30.3 Å². The van der Waals surface area contributed by atoms with E-state index in [1.807, 2.05) is 0 Å². The van der Waals surface area contributed by atoms with Crippen LogP contribution in [-0.2, 0) is 40.1 Å². The normalized spacial score (nSPS) is 12.3. The summed E-state index contributed by atoms with van der Waals surface area (Å²) >= 11 is -3.24. The lowest BCUT2D eigenvalue weighted by Crippen LogP contribution is -2.13. The van der Waals surface area contributed by atoms with Gasteiger partial charge in [0, 0.05) is 13.3 Å². The summed E-state index contributed by atoms with van der Waals surface area (Å²) < 4.78 is 76.7. The molecule has 2 aromatic carbocycles. The van der Waals surface area contributed by atoms with E-state index in [0.717, 1.165) is 6.07 Å². The van der Waals surface area contributed by atoms with Gasteiger partial charge in [0.15, 0.2) is 11.5 Å². The number of alkyl halides is 3. The van der Waals surface area contributed by atoms with Gasteiger partial charge in [0.1, 0.15) is 23.5 Å². The summed E-state index contributed by atoms with van der Waals surface area (Å²) in [6, 6.07) is 10.6. The maximum Gasteiger partial charge on any atom is 0.420 e. The number of rotatable bonds is 8. The predicted octanol–water partition coefficient (Wildman–Crippen LogP) is 3.56. The van der Waals surface area contributed by atoms with Crippen molar-refractivity contribution < 1.29 is 40.4 Å². The molecule has 0 bridgehead atoms. The average Bonchev–Trinajstić information content (AvgIpc) is 2.60. The average molecular weight is 417 g/mol. The van der Waals surface area contributed by atoms with E-state index in [4.69, 9.17) is 9.47 Å². The van der Waals surface area contributed by atoms with Crippen LogP contribution in [0, 0.1) is 0 Å². The lowest BCUT2D eigenvalue weighted by atomic mass is 10.1. The molecule has 0 heterocycles. The Kier molecular flexibility index (Phi) is 7.41. The molecule has 0 radical (unpaired) electrons. The fourth-order valence-electron chi connectivity index (χ4n) is 2.32. The van der Waals surface area contributed by atoms with Crippen molar-refractivity contribution in [3.63, 3.8) is 0 Å². The molecular formula is C18H16F3O6S-. The van der Waals surface area contributed by atoms with Crippen molar-refractivity contribution in [2.75, 3.05) is 6.61 Å². The summed E-state index contributed by atoms with van der Waals surface area (Å²) in [6.45, 7) is 0.932. The van der Waals surface area contributed by atoms with Gasteiger partial charge >= 0.3 is 12.1 Å². The topological polar surface area (TPSA) is 84.9 Å². The highest BCUT2D eigenvalue weighted by Gasteiger charge is 2.37. The van der Waals surface area contributed by atoms with Gasteiger partial charge in [-0.05, 0) is 23.3 Å². The Labute approximate surface area is 161 Å². The monoisotopic (exact) mass is 417 g/mol. The number of carbonyl (C=O) groups is 1. The summed E-state index contributed by atoms with van der Waals surface area (Å²) in [4.78, 5) is 10.8. The molecule has 0 aliphatic rings. The van der Waals surface area contributed by atoms with Crippen molar-refractivity contribution >= 4 is 17.3 Å². The molecule has 28 heavy (non-hydrogen) atoms. The number of esters is 1. The van der Waals surface area contributed by atoms with Crippen molar-refractivity contribution in [1.29, 1.82) is 0 Å². The van der Waals surface area contributed by atoms with Gasteiger partial charge in [-0.3, -0.25) is 4.79 Å². The maximum absolute atomic E-state index is 13.5. The summed E-state index contributed by atoms with van der Waals surface area (Å²) in [5, 5.41) is 0. The van der Waals surface area contributed by atoms with E-state index in [-0.39, 0.29) is 30.9 Å². The summed E-state index contributed by atoms with van der Waals surface area (Å²) in [7, 11) is 0. The van der Waals surface area contributed by atoms with E-state index in [0.29, 0.717) is 5.56 Å². The van der Waals surface area contributed by atoms with E-state index < -0.39 is 34.8 Å². The zero-order valence-corrected chi connectivity index (χ0v) is 15.5. The molecule has 10 heteroatoms. The molecular weight excluding hydrogens is 401 g/mol. The Hall–Kier alpha value is -2.59. The second kappa shape index (κ2) is 9.56. The molecule has 152 valence electrons. The number of carbonyl (C=O) groups excluding carboxylic acids is 1. The largest absolute Gasteiger partial charge is 0.740 e. The fourth-order valence-corrected chi connectivity index (χ4v) is 2.63. The zero-order chi connectivity index (χ0) is 20.7. The van der Waals surface area contributed by atoms with Gasteiger partial charge in [-0.15, -0.1) is 0 Å². The van der Waals surface area contributed by atoms with E-state index >= 15 is 0 Å². The van der Waals surface area contributed by atoms with Gasteiger partial charge in [-0.25, -0.2) is 4.21 Å². The molecule has 1 atom stereocenters. The van der Waals surface area contributed by atoms with Crippen LogP contribution in [0.25, 0.3) is 0 Å². The number of benzene rings is 2. The molecule has 0 aliphatic heterocycles. The Morgan fingerprint density at radius 3 is 2.39 bits per heavy atom. The van der Waals surface area contributed by atoms with E-state index in [1.165, 1.54) is 13.0 Å².